The predicted octanol–water partition coefficient (Wildman–Crippen LogP) is 8.12. The summed E-state index contributed by atoms with van der Waals surface area (Å²) in [5.74, 6) is -0.201. The Morgan fingerprint density at radius 2 is 1.90 bits per heavy atom. The lowest BCUT2D eigenvalue weighted by atomic mass is 9.73. The summed E-state index contributed by atoms with van der Waals surface area (Å²) in [5, 5.41) is 10.7. The maximum absolute atomic E-state index is 13.4. The predicted molar refractivity (Wildman–Crippen MR) is 160 cm³/mol. The standard InChI is InChI=1S/C32H45NO6S/c1-21(11-9-10-18-33-31(37)38-5)27-19-26(34)28(30(36)39-27)29(35)22(2)32(3,4)20-25-17-16-24(40-25)15-14-23-12-7-6-8-13-23/h16-19,21-23,34H,6-15,20H2,1-5H3. The van der Waals surface area contributed by atoms with Crippen LogP contribution in [-0.2, 0) is 17.6 Å². The number of Topliss-reactive ketones (excluding diaryl/α,β-unsaturated/α-hetero) is 1. The first kappa shape index (κ1) is 31.8. The summed E-state index contributed by atoms with van der Waals surface area (Å²) in [6, 6.07) is 5.78. The summed E-state index contributed by atoms with van der Waals surface area (Å²) in [4.78, 5) is 43.6. The van der Waals surface area contributed by atoms with E-state index in [-0.39, 0.29) is 17.2 Å². The average Bonchev–Trinajstić information content (AvgIpc) is 3.37. The molecule has 0 bridgehead atoms. The van der Waals surface area contributed by atoms with E-state index in [2.05, 4.69) is 21.9 Å². The van der Waals surface area contributed by atoms with Gasteiger partial charge >= 0.3 is 11.7 Å². The van der Waals surface area contributed by atoms with Gasteiger partial charge in [0.1, 0.15) is 17.1 Å². The molecule has 2 unspecified atom stereocenters. The number of hydrogen-bond donors (Lipinski definition) is 1. The molecule has 1 fully saturated rings. The molecule has 2 atom stereocenters. The Labute approximate surface area is 242 Å². The molecule has 7 nitrogen and oxygen atoms in total. The summed E-state index contributed by atoms with van der Waals surface area (Å²) in [6.45, 7) is 7.78. The van der Waals surface area contributed by atoms with Gasteiger partial charge in [0.25, 0.3) is 0 Å². The minimum Gasteiger partial charge on any atom is -0.507 e. The van der Waals surface area contributed by atoms with Crippen LogP contribution in [0.3, 0.4) is 0 Å². The number of rotatable bonds is 13. The van der Waals surface area contributed by atoms with Gasteiger partial charge in [0.2, 0.25) is 0 Å². The highest BCUT2D eigenvalue weighted by Crippen LogP contribution is 2.37. The van der Waals surface area contributed by atoms with Crippen LogP contribution < -0.4 is 5.63 Å². The zero-order valence-corrected chi connectivity index (χ0v) is 25.5. The maximum Gasteiger partial charge on any atom is 0.432 e. The fraction of sp³-hybridized carbons (Fsp3) is 0.625. The number of thiophene rings is 1. The fourth-order valence-corrected chi connectivity index (χ4v) is 6.74. The van der Waals surface area contributed by atoms with Crippen LogP contribution >= 0.6 is 11.3 Å². The van der Waals surface area contributed by atoms with Gasteiger partial charge in [-0.2, -0.15) is 4.99 Å². The molecule has 1 amide bonds. The van der Waals surface area contributed by atoms with Gasteiger partial charge in [-0.1, -0.05) is 59.8 Å². The summed E-state index contributed by atoms with van der Waals surface area (Å²) in [6.07, 6.45) is 12.7. The van der Waals surface area contributed by atoms with Crippen LogP contribution in [0.1, 0.15) is 117 Å². The molecule has 1 saturated carbocycles. The number of aryl methyl sites for hydroxylation is 1. The monoisotopic (exact) mass is 571 g/mol. The number of ketones is 1. The van der Waals surface area contributed by atoms with Gasteiger partial charge in [0, 0.05) is 33.9 Å². The van der Waals surface area contributed by atoms with E-state index < -0.39 is 28.8 Å². The minimum atomic E-state index is -0.803. The van der Waals surface area contributed by atoms with Crippen LogP contribution in [0.2, 0.25) is 0 Å². The lowest BCUT2D eigenvalue weighted by Crippen LogP contribution is -2.33. The number of carbonyl (C=O) groups is 2. The molecule has 8 heteroatoms. The number of methoxy groups -OCH3 is 1. The molecule has 1 aliphatic rings. The Morgan fingerprint density at radius 1 is 1.20 bits per heavy atom. The van der Waals surface area contributed by atoms with Crippen molar-refractivity contribution < 1.29 is 23.8 Å². The first-order chi connectivity index (χ1) is 19.0. The van der Waals surface area contributed by atoms with Gasteiger partial charge in [-0.25, -0.2) is 9.59 Å². The Hall–Kier alpha value is -2.74. The molecule has 0 saturated heterocycles. The van der Waals surface area contributed by atoms with E-state index >= 15 is 0 Å². The van der Waals surface area contributed by atoms with Crippen LogP contribution in [0.5, 0.6) is 5.75 Å². The van der Waals surface area contributed by atoms with Crippen molar-refractivity contribution in [2.24, 2.45) is 22.2 Å². The van der Waals surface area contributed by atoms with Crippen molar-refractivity contribution in [3.05, 3.63) is 49.7 Å². The fourth-order valence-electron chi connectivity index (χ4n) is 5.47. The van der Waals surface area contributed by atoms with Gasteiger partial charge in [0.05, 0.1) is 7.11 Å². The quantitative estimate of drug-likeness (QED) is 0.148. The molecule has 3 rings (SSSR count). The highest BCUT2D eigenvalue weighted by Gasteiger charge is 2.35. The highest BCUT2D eigenvalue weighted by atomic mass is 32.1. The summed E-state index contributed by atoms with van der Waals surface area (Å²) in [7, 11) is 1.27. The van der Waals surface area contributed by atoms with Crippen LogP contribution in [0.25, 0.3) is 0 Å². The maximum atomic E-state index is 13.4. The molecule has 2 aromatic heterocycles. The lowest BCUT2D eigenvalue weighted by Gasteiger charge is -2.30. The van der Waals surface area contributed by atoms with Crippen molar-refractivity contribution in [2.75, 3.05) is 7.11 Å². The lowest BCUT2D eigenvalue weighted by molar-refractivity contribution is 0.0812. The van der Waals surface area contributed by atoms with Crippen molar-refractivity contribution in [2.45, 2.75) is 104 Å². The van der Waals surface area contributed by atoms with E-state index in [9.17, 15) is 19.5 Å². The van der Waals surface area contributed by atoms with Gasteiger partial charge < -0.3 is 14.3 Å². The van der Waals surface area contributed by atoms with E-state index in [1.54, 1.807) is 0 Å². The summed E-state index contributed by atoms with van der Waals surface area (Å²) >= 11 is 1.82. The zero-order chi connectivity index (χ0) is 29.3. The number of aliphatic imine (C=N–C) groups is 1. The van der Waals surface area contributed by atoms with E-state index in [1.807, 2.05) is 39.0 Å². The number of hydrogen-bond acceptors (Lipinski definition) is 7. The van der Waals surface area contributed by atoms with Crippen LogP contribution in [-0.4, -0.2) is 30.3 Å². The van der Waals surface area contributed by atoms with Crippen molar-refractivity contribution in [3.63, 3.8) is 0 Å². The molecule has 2 heterocycles. The SMILES string of the molecule is COC(=O)N=CCCCC(C)c1cc(O)c(C(=O)C(C)C(C)(C)Cc2ccc(CCC3CCCCC3)s2)c(=O)o1. The molecular weight excluding hydrogens is 526 g/mol. The number of unbranched alkanes of at least 4 members (excludes halogenated alkanes) is 1. The van der Waals surface area contributed by atoms with Gasteiger partial charge in [-0.15, -0.1) is 11.3 Å². The topological polar surface area (TPSA) is 106 Å². The molecular formula is C32H45NO6S. The second-order valence-electron chi connectivity index (χ2n) is 12.0. The van der Waals surface area contributed by atoms with Crippen molar-refractivity contribution in [1.82, 2.24) is 0 Å². The van der Waals surface area contributed by atoms with Crippen molar-refractivity contribution in [1.29, 1.82) is 0 Å². The Bertz CT molecular complexity index is 1220. The molecule has 1 aliphatic carbocycles. The van der Waals surface area contributed by atoms with E-state index in [0.29, 0.717) is 31.4 Å². The zero-order valence-electron chi connectivity index (χ0n) is 24.7. The highest BCUT2D eigenvalue weighted by molar-refractivity contribution is 7.12. The van der Waals surface area contributed by atoms with Crippen molar-refractivity contribution in [3.8, 4) is 5.75 Å². The summed E-state index contributed by atoms with van der Waals surface area (Å²) < 4.78 is 9.96. The van der Waals surface area contributed by atoms with Gasteiger partial charge in [0.15, 0.2) is 5.78 Å². The third-order valence-corrected chi connectivity index (χ3v) is 9.60. The van der Waals surface area contributed by atoms with Crippen molar-refractivity contribution >= 4 is 29.4 Å². The first-order valence-corrected chi connectivity index (χ1v) is 15.4. The first-order valence-electron chi connectivity index (χ1n) is 14.6. The van der Waals surface area contributed by atoms with Gasteiger partial charge in [-0.05, 0) is 62.0 Å². The summed E-state index contributed by atoms with van der Waals surface area (Å²) in [5.41, 5.74) is -1.50. The molecule has 0 aromatic carbocycles. The van der Waals surface area contributed by atoms with Gasteiger partial charge in [-0.3, -0.25) is 4.79 Å². The second-order valence-corrected chi connectivity index (χ2v) is 13.2. The normalized spacial score (nSPS) is 16.2. The van der Waals surface area contributed by atoms with E-state index in [1.165, 1.54) is 67.7 Å². The number of aromatic hydroxyl groups is 1. The molecule has 1 N–H and O–H groups in total. The number of ether oxygens (including phenoxy) is 1. The van der Waals surface area contributed by atoms with E-state index in [0.717, 1.165) is 12.3 Å². The van der Waals surface area contributed by atoms with E-state index in [4.69, 9.17) is 4.42 Å². The number of nitrogens with zero attached hydrogens (tertiary/aromatic N) is 1. The average molecular weight is 572 g/mol. The third-order valence-electron chi connectivity index (χ3n) is 8.46. The van der Waals surface area contributed by atoms with Crippen LogP contribution in [0.4, 0.5) is 4.79 Å². The molecule has 220 valence electrons. The number of amides is 1. The second kappa shape index (κ2) is 14.8. The Morgan fingerprint density at radius 3 is 2.58 bits per heavy atom. The minimum absolute atomic E-state index is 0.158. The van der Waals surface area contributed by atoms with Crippen LogP contribution in [0.15, 0.2) is 32.4 Å². The Balaban J connectivity index is 1.60. The largest absolute Gasteiger partial charge is 0.507 e. The smallest absolute Gasteiger partial charge is 0.432 e. The molecule has 0 spiro atoms. The molecule has 0 aliphatic heterocycles. The Kier molecular flexibility index (Phi) is 11.7. The van der Waals surface area contributed by atoms with Crippen LogP contribution in [0, 0.1) is 17.3 Å². The molecule has 0 radical (unpaired) electrons. The number of carbonyl (C=O) groups excluding carboxylic acids is 2. The molecule has 2 aromatic rings. The third kappa shape index (κ3) is 8.88. The molecule has 40 heavy (non-hydrogen) atoms.